The number of hydrogen-bond acceptors (Lipinski definition) is 1. The van der Waals surface area contributed by atoms with Crippen molar-refractivity contribution in [3.63, 3.8) is 0 Å². The van der Waals surface area contributed by atoms with Gasteiger partial charge in [-0.2, -0.15) is 8.78 Å². The average Bonchev–Trinajstić information content (AvgIpc) is 2.08. The average molecular weight is 191 g/mol. The van der Waals surface area contributed by atoms with E-state index in [1.807, 2.05) is 0 Å². The molecule has 0 heterocycles. The third kappa shape index (κ3) is 1.79. The van der Waals surface area contributed by atoms with E-state index in [1.165, 1.54) is 0 Å². The van der Waals surface area contributed by atoms with Gasteiger partial charge in [-0.25, -0.2) is 13.2 Å². The van der Waals surface area contributed by atoms with Gasteiger partial charge in [0.05, 0.1) is 0 Å². The molecule has 1 rings (SSSR count). The normalized spacial score (nSPS) is 9.62. The fourth-order valence-electron chi connectivity index (χ4n) is 0.593. The summed E-state index contributed by atoms with van der Waals surface area (Å²) in [5, 5.41) is 8.30. The van der Waals surface area contributed by atoms with Crippen molar-refractivity contribution in [1.29, 1.82) is 0 Å². The summed E-state index contributed by atoms with van der Waals surface area (Å²) in [6.45, 7) is 0. The molecule has 0 amide bonds. The second kappa shape index (κ2) is 3.98. The molecule has 1 radical (unpaired) electrons. The molecule has 67 valence electrons. The van der Waals surface area contributed by atoms with Crippen LogP contribution in [0.2, 0.25) is 0 Å². The van der Waals surface area contributed by atoms with Crippen molar-refractivity contribution in [2.45, 2.75) is 0 Å². The summed E-state index contributed by atoms with van der Waals surface area (Å²) in [6, 6.07) is 0. The first kappa shape index (κ1) is 12.3. The van der Waals surface area contributed by atoms with Gasteiger partial charge in [-0.3, -0.25) is 0 Å². The second-order valence-corrected chi connectivity index (χ2v) is 1.92. The number of hydrogen-bond donors (Lipinski definition) is 1. The topological polar surface area (TPSA) is 20.2 Å². The Labute approximate surface area is 81.4 Å². The zero-order chi connectivity index (χ0) is 9.46. The van der Waals surface area contributed by atoms with E-state index >= 15 is 0 Å². The molecule has 7 heteroatoms. The van der Waals surface area contributed by atoms with Crippen LogP contribution in [0.15, 0.2) is 0 Å². The van der Waals surface area contributed by atoms with Crippen molar-refractivity contribution in [3.05, 3.63) is 29.1 Å². The molecule has 0 unspecified atom stereocenters. The van der Waals surface area contributed by atoms with E-state index < -0.39 is 34.8 Å². The Bertz CT molecular complexity index is 235. The minimum absolute atomic E-state index is 0. The minimum atomic E-state index is -2.29. The number of phenols is 1. The summed E-state index contributed by atoms with van der Waals surface area (Å²) >= 11 is 0. The van der Waals surface area contributed by atoms with E-state index in [4.69, 9.17) is 5.11 Å². The maximum absolute atomic E-state index is 12.2. The molecule has 1 nitrogen and oxygen atoms in total. The first-order valence-corrected chi connectivity index (χ1v) is 2.67. The van der Waals surface area contributed by atoms with Gasteiger partial charge in [-0.15, -0.1) is 0 Å². The quantitative estimate of drug-likeness (QED) is 0.286. The Morgan fingerprint density at radius 2 is 0.846 bits per heavy atom. The van der Waals surface area contributed by atoms with E-state index in [-0.39, 0.29) is 18.9 Å². The third-order valence-electron chi connectivity index (χ3n) is 1.19. The minimum Gasteiger partial charge on any atom is -0.503 e. The van der Waals surface area contributed by atoms with Crippen molar-refractivity contribution in [1.82, 2.24) is 0 Å². The van der Waals surface area contributed by atoms with Crippen molar-refractivity contribution in [3.8, 4) is 5.75 Å². The summed E-state index contributed by atoms with van der Waals surface area (Å²) in [5.41, 5.74) is 0. The molecule has 0 saturated carbocycles. The summed E-state index contributed by atoms with van der Waals surface area (Å²) in [4.78, 5) is 0. The number of halogens is 5. The smallest absolute Gasteiger partial charge is 0.206 e. The van der Waals surface area contributed by atoms with Crippen LogP contribution >= 0.6 is 0 Å². The number of aromatic hydroxyl groups is 1. The van der Waals surface area contributed by atoms with Gasteiger partial charge in [-0.1, -0.05) is 0 Å². The maximum Gasteiger partial charge on any atom is 0.206 e. The summed E-state index contributed by atoms with van der Waals surface area (Å²) < 4.78 is 60.6. The molecule has 0 atom stereocenters. The van der Waals surface area contributed by atoms with E-state index in [1.54, 1.807) is 0 Å². The van der Waals surface area contributed by atoms with Crippen molar-refractivity contribution in [2.75, 3.05) is 0 Å². The predicted molar refractivity (Wildman–Crippen MR) is 33.7 cm³/mol. The van der Waals surface area contributed by atoms with Crippen molar-refractivity contribution < 1.29 is 27.1 Å². The Morgan fingerprint density at radius 3 is 1.15 bits per heavy atom. The molecule has 0 aliphatic heterocycles. The van der Waals surface area contributed by atoms with Gasteiger partial charge < -0.3 is 5.11 Å². The molecule has 1 aromatic rings. The van der Waals surface area contributed by atoms with E-state index in [9.17, 15) is 22.0 Å². The van der Waals surface area contributed by atoms with Crippen LogP contribution in [0.5, 0.6) is 5.75 Å². The van der Waals surface area contributed by atoms with Crippen LogP contribution in [0.25, 0.3) is 0 Å². The van der Waals surface area contributed by atoms with Crippen LogP contribution in [0.4, 0.5) is 22.0 Å². The predicted octanol–water partition coefficient (Wildman–Crippen LogP) is 1.71. The zero-order valence-corrected chi connectivity index (χ0v) is 6.34. The molecular weight excluding hydrogens is 190 g/mol. The van der Waals surface area contributed by atoms with Gasteiger partial charge in [0.25, 0.3) is 0 Å². The van der Waals surface area contributed by atoms with E-state index in [0.29, 0.717) is 0 Å². The molecular formula is C6HF5LiO. The molecule has 13 heavy (non-hydrogen) atoms. The molecule has 0 aliphatic rings. The van der Waals surface area contributed by atoms with Crippen LogP contribution in [-0.2, 0) is 0 Å². The van der Waals surface area contributed by atoms with Gasteiger partial charge in [-0.05, 0) is 0 Å². The van der Waals surface area contributed by atoms with Crippen LogP contribution < -0.4 is 0 Å². The molecule has 0 saturated heterocycles. The Kier molecular flexibility index (Phi) is 3.76. The van der Waals surface area contributed by atoms with Crippen molar-refractivity contribution >= 4 is 18.9 Å². The van der Waals surface area contributed by atoms with Crippen LogP contribution in [0, 0.1) is 29.1 Å². The monoisotopic (exact) mass is 191 g/mol. The van der Waals surface area contributed by atoms with Gasteiger partial charge in [0.1, 0.15) is 0 Å². The zero-order valence-electron chi connectivity index (χ0n) is 6.34. The van der Waals surface area contributed by atoms with Crippen molar-refractivity contribution in [2.24, 2.45) is 0 Å². The molecule has 0 aliphatic carbocycles. The molecule has 1 aromatic carbocycles. The van der Waals surface area contributed by atoms with Crippen LogP contribution in [-0.4, -0.2) is 24.0 Å². The molecule has 0 bridgehead atoms. The Morgan fingerprint density at radius 1 is 0.615 bits per heavy atom. The fourth-order valence-corrected chi connectivity index (χ4v) is 0.593. The number of rotatable bonds is 0. The molecule has 0 spiro atoms. The van der Waals surface area contributed by atoms with Gasteiger partial charge in [0.15, 0.2) is 5.75 Å². The maximum atomic E-state index is 12.2. The Hall–Kier alpha value is -0.733. The first-order valence-electron chi connectivity index (χ1n) is 2.67. The SMILES string of the molecule is Oc1c(F)c(F)c(F)c(F)c1F.[Li]. The summed E-state index contributed by atoms with van der Waals surface area (Å²) in [5.74, 6) is -12.9. The first-order chi connectivity index (χ1) is 5.46. The second-order valence-electron chi connectivity index (χ2n) is 1.92. The number of phenolic OH excluding ortho intramolecular Hbond substituents is 1. The fraction of sp³-hybridized carbons (Fsp3) is 0. The number of benzene rings is 1. The standard InChI is InChI=1S/C6HF5O.Li/c7-1-2(8)4(10)6(12)5(11)3(1)9;/h12H;. The summed E-state index contributed by atoms with van der Waals surface area (Å²) in [6.07, 6.45) is 0. The molecule has 0 fully saturated rings. The molecule has 1 N–H and O–H groups in total. The third-order valence-corrected chi connectivity index (χ3v) is 1.19. The van der Waals surface area contributed by atoms with Gasteiger partial charge >= 0.3 is 0 Å². The Balaban J connectivity index is 0.00000144. The van der Waals surface area contributed by atoms with Crippen LogP contribution in [0.1, 0.15) is 0 Å². The molecule has 0 aromatic heterocycles. The summed E-state index contributed by atoms with van der Waals surface area (Å²) in [7, 11) is 0. The van der Waals surface area contributed by atoms with E-state index in [0.717, 1.165) is 0 Å². The van der Waals surface area contributed by atoms with Crippen LogP contribution in [0.3, 0.4) is 0 Å². The van der Waals surface area contributed by atoms with E-state index in [2.05, 4.69) is 0 Å². The van der Waals surface area contributed by atoms with Gasteiger partial charge in [0.2, 0.25) is 29.1 Å². The van der Waals surface area contributed by atoms with Gasteiger partial charge in [0, 0.05) is 18.9 Å². The largest absolute Gasteiger partial charge is 0.503 e.